The number of Topliss-reactive ketones (excluding diaryl/α,β-unsaturated/α-hetero) is 1. The van der Waals surface area contributed by atoms with Gasteiger partial charge in [0.2, 0.25) is 11.7 Å². The minimum atomic E-state index is -0.433. The Balaban J connectivity index is 2.59. The molecular formula is C12H18N2O3. The van der Waals surface area contributed by atoms with E-state index in [1.165, 1.54) is 6.26 Å². The Hall–Kier alpha value is -1.62. The maximum atomic E-state index is 11.8. The summed E-state index contributed by atoms with van der Waals surface area (Å²) in [6.07, 6.45) is 1.45. The van der Waals surface area contributed by atoms with Crippen LogP contribution < -0.4 is 5.73 Å². The molecule has 0 aliphatic carbocycles. The summed E-state index contributed by atoms with van der Waals surface area (Å²) in [6.45, 7) is 4.92. The first kappa shape index (κ1) is 13.4. The molecule has 0 radical (unpaired) electrons. The molecule has 1 aromatic rings. The van der Waals surface area contributed by atoms with Crippen LogP contribution in [-0.4, -0.2) is 36.2 Å². The van der Waals surface area contributed by atoms with Crippen molar-refractivity contribution in [1.82, 2.24) is 4.90 Å². The lowest BCUT2D eigenvalue weighted by atomic mass is 10.2. The van der Waals surface area contributed by atoms with E-state index in [9.17, 15) is 9.59 Å². The molecular weight excluding hydrogens is 220 g/mol. The summed E-state index contributed by atoms with van der Waals surface area (Å²) in [6, 6.07) is 3.27. The Morgan fingerprint density at radius 2 is 2.12 bits per heavy atom. The number of nitrogens with zero attached hydrogens (tertiary/aromatic N) is 1. The molecule has 0 aromatic carbocycles. The third-order valence-electron chi connectivity index (χ3n) is 2.17. The molecule has 0 bridgehead atoms. The minimum Gasteiger partial charge on any atom is -0.461 e. The van der Waals surface area contributed by atoms with Gasteiger partial charge in [0.25, 0.3) is 0 Å². The van der Waals surface area contributed by atoms with Gasteiger partial charge in [-0.15, -0.1) is 0 Å². The zero-order chi connectivity index (χ0) is 12.8. The topological polar surface area (TPSA) is 76.5 Å². The molecule has 0 aliphatic rings. The maximum absolute atomic E-state index is 11.8. The standard InChI is InChI=1S/C12H18N2O3/c1-9(2)6-14(8-12(13)16)7-10(15)11-4-3-5-17-11/h3-5,9H,6-8H2,1-2H3,(H2,13,16). The van der Waals surface area contributed by atoms with E-state index in [0.717, 1.165) is 0 Å². The summed E-state index contributed by atoms with van der Waals surface area (Å²) in [5, 5.41) is 0. The van der Waals surface area contributed by atoms with Crippen LogP contribution in [0.2, 0.25) is 0 Å². The molecule has 17 heavy (non-hydrogen) atoms. The Kier molecular flexibility index (Phi) is 4.90. The lowest BCUT2D eigenvalue weighted by Gasteiger charge is -2.21. The first-order chi connectivity index (χ1) is 7.99. The number of nitrogens with two attached hydrogens (primary N) is 1. The van der Waals surface area contributed by atoms with Crippen LogP contribution in [0.4, 0.5) is 0 Å². The van der Waals surface area contributed by atoms with Gasteiger partial charge in [-0.25, -0.2) is 0 Å². The summed E-state index contributed by atoms with van der Waals surface area (Å²) in [5.74, 6) is 0.0942. The van der Waals surface area contributed by atoms with E-state index < -0.39 is 5.91 Å². The van der Waals surface area contributed by atoms with Gasteiger partial charge in [0.05, 0.1) is 19.4 Å². The molecule has 5 nitrogen and oxygen atoms in total. The smallest absolute Gasteiger partial charge is 0.231 e. The molecule has 0 saturated carbocycles. The highest BCUT2D eigenvalue weighted by Gasteiger charge is 2.17. The average Bonchev–Trinajstić information content (AvgIpc) is 2.67. The minimum absolute atomic E-state index is 0.0879. The molecule has 0 fully saturated rings. The number of hydrogen-bond acceptors (Lipinski definition) is 4. The summed E-state index contributed by atoms with van der Waals surface area (Å²) in [7, 11) is 0. The number of hydrogen-bond donors (Lipinski definition) is 1. The van der Waals surface area contributed by atoms with Gasteiger partial charge in [-0.1, -0.05) is 13.8 Å². The van der Waals surface area contributed by atoms with Crippen molar-refractivity contribution in [3.8, 4) is 0 Å². The molecule has 1 amide bonds. The van der Waals surface area contributed by atoms with Gasteiger partial charge in [-0.3, -0.25) is 14.5 Å². The van der Waals surface area contributed by atoms with E-state index in [1.807, 2.05) is 13.8 Å². The molecule has 0 saturated heterocycles. The van der Waals surface area contributed by atoms with Gasteiger partial charge in [0.15, 0.2) is 5.76 Å². The monoisotopic (exact) mass is 238 g/mol. The van der Waals surface area contributed by atoms with Crippen LogP contribution in [-0.2, 0) is 4.79 Å². The van der Waals surface area contributed by atoms with E-state index in [-0.39, 0.29) is 18.9 Å². The van der Waals surface area contributed by atoms with E-state index >= 15 is 0 Å². The van der Waals surface area contributed by atoms with Gasteiger partial charge in [-0.2, -0.15) is 0 Å². The number of carbonyl (C=O) groups is 2. The van der Waals surface area contributed by atoms with Crippen LogP contribution in [0.1, 0.15) is 24.4 Å². The predicted octanol–water partition coefficient (Wildman–Crippen LogP) is 0.906. The Bertz CT molecular complexity index is 371. The average molecular weight is 238 g/mol. The Morgan fingerprint density at radius 1 is 1.41 bits per heavy atom. The zero-order valence-electron chi connectivity index (χ0n) is 10.2. The van der Waals surface area contributed by atoms with Gasteiger partial charge in [0, 0.05) is 6.54 Å². The van der Waals surface area contributed by atoms with Crippen molar-refractivity contribution in [3.05, 3.63) is 24.2 Å². The van der Waals surface area contributed by atoms with Crippen molar-refractivity contribution in [2.75, 3.05) is 19.6 Å². The maximum Gasteiger partial charge on any atom is 0.231 e. The Morgan fingerprint density at radius 3 is 2.59 bits per heavy atom. The van der Waals surface area contributed by atoms with Crippen LogP contribution in [0.25, 0.3) is 0 Å². The molecule has 0 atom stereocenters. The predicted molar refractivity (Wildman–Crippen MR) is 63.5 cm³/mol. The van der Waals surface area contributed by atoms with Crippen molar-refractivity contribution in [2.45, 2.75) is 13.8 Å². The van der Waals surface area contributed by atoms with Gasteiger partial charge < -0.3 is 10.2 Å². The second-order valence-corrected chi connectivity index (χ2v) is 4.43. The van der Waals surface area contributed by atoms with Crippen molar-refractivity contribution >= 4 is 11.7 Å². The van der Waals surface area contributed by atoms with Crippen molar-refractivity contribution in [3.63, 3.8) is 0 Å². The summed E-state index contributed by atoms with van der Waals surface area (Å²) >= 11 is 0. The van der Waals surface area contributed by atoms with Crippen molar-refractivity contribution < 1.29 is 14.0 Å². The van der Waals surface area contributed by atoms with Crippen LogP contribution in [0, 0.1) is 5.92 Å². The second-order valence-electron chi connectivity index (χ2n) is 4.43. The van der Waals surface area contributed by atoms with Crippen molar-refractivity contribution in [2.24, 2.45) is 11.7 Å². The first-order valence-corrected chi connectivity index (χ1v) is 5.56. The molecule has 2 N–H and O–H groups in total. The quantitative estimate of drug-likeness (QED) is 0.716. The third-order valence-corrected chi connectivity index (χ3v) is 2.17. The van der Waals surface area contributed by atoms with Crippen LogP contribution in [0.15, 0.2) is 22.8 Å². The number of carbonyl (C=O) groups excluding carboxylic acids is 2. The number of amides is 1. The molecule has 5 heteroatoms. The lowest BCUT2D eigenvalue weighted by molar-refractivity contribution is -0.119. The molecule has 94 valence electrons. The van der Waals surface area contributed by atoms with E-state index in [1.54, 1.807) is 17.0 Å². The van der Waals surface area contributed by atoms with E-state index in [0.29, 0.717) is 18.2 Å². The summed E-state index contributed by atoms with van der Waals surface area (Å²) < 4.78 is 5.01. The van der Waals surface area contributed by atoms with E-state index in [2.05, 4.69) is 0 Å². The van der Waals surface area contributed by atoms with E-state index in [4.69, 9.17) is 10.2 Å². The third kappa shape index (κ3) is 4.82. The highest BCUT2D eigenvalue weighted by Crippen LogP contribution is 2.05. The van der Waals surface area contributed by atoms with Crippen LogP contribution in [0.5, 0.6) is 0 Å². The van der Waals surface area contributed by atoms with Gasteiger partial charge >= 0.3 is 0 Å². The molecule has 1 rings (SSSR count). The first-order valence-electron chi connectivity index (χ1n) is 5.56. The zero-order valence-corrected chi connectivity index (χ0v) is 10.2. The number of furan rings is 1. The molecule has 1 aromatic heterocycles. The van der Waals surface area contributed by atoms with Crippen molar-refractivity contribution in [1.29, 1.82) is 0 Å². The SMILES string of the molecule is CC(C)CN(CC(N)=O)CC(=O)c1ccco1. The fourth-order valence-electron chi connectivity index (χ4n) is 1.64. The second kappa shape index (κ2) is 6.20. The fourth-order valence-corrected chi connectivity index (χ4v) is 1.64. The lowest BCUT2D eigenvalue weighted by Crippen LogP contribution is -2.39. The number of ketones is 1. The van der Waals surface area contributed by atoms with Crippen LogP contribution >= 0.6 is 0 Å². The Labute approximate surface area is 101 Å². The normalized spacial score (nSPS) is 11.1. The molecule has 0 spiro atoms. The summed E-state index contributed by atoms with van der Waals surface area (Å²) in [5.41, 5.74) is 5.15. The summed E-state index contributed by atoms with van der Waals surface area (Å²) in [4.78, 5) is 24.4. The number of primary amides is 1. The highest BCUT2D eigenvalue weighted by molar-refractivity contribution is 5.95. The fraction of sp³-hybridized carbons (Fsp3) is 0.500. The molecule has 0 unspecified atom stereocenters. The highest BCUT2D eigenvalue weighted by atomic mass is 16.3. The largest absolute Gasteiger partial charge is 0.461 e. The molecule has 0 aliphatic heterocycles. The van der Waals surface area contributed by atoms with Gasteiger partial charge in [0.1, 0.15) is 0 Å². The molecule has 1 heterocycles. The number of rotatable bonds is 7. The van der Waals surface area contributed by atoms with Gasteiger partial charge in [-0.05, 0) is 18.1 Å². The van der Waals surface area contributed by atoms with Crippen LogP contribution in [0.3, 0.4) is 0 Å².